The summed E-state index contributed by atoms with van der Waals surface area (Å²) in [7, 11) is 0. The molecule has 0 saturated carbocycles. The number of carbonyl (C=O) groups excluding carboxylic acids is 3. The fourth-order valence-electron chi connectivity index (χ4n) is 4.04. The number of benzene rings is 1. The van der Waals surface area contributed by atoms with Crippen LogP contribution >= 0.6 is 0 Å². The molecule has 2 aromatic rings. The first-order valence-corrected chi connectivity index (χ1v) is 10.3. The van der Waals surface area contributed by atoms with Crippen LogP contribution in [-0.2, 0) is 9.59 Å². The van der Waals surface area contributed by atoms with Crippen molar-refractivity contribution in [2.75, 3.05) is 30.3 Å². The van der Waals surface area contributed by atoms with Gasteiger partial charge in [0.2, 0.25) is 5.91 Å². The number of aromatic nitrogens is 1. The summed E-state index contributed by atoms with van der Waals surface area (Å²) in [5, 5.41) is 5.82. The summed E-state index contributed by atoms with van der Waals surface area (Å²) in [6.07, 6.45) is 4.37. The van der Waals surface area contributed by atoms with E-state index in [2.05, 4.69) is 22.5 Å². The minimum absolute atomic E-state index is 0.150. The van der Waals surface area contributed by atoms with E-state index in [-0.39, 0.29) is 23.2 Å². The quantitative estimate of drug-likeness (QED) is 0.648. The number of carbonyl (C=O) groups is 3. The molecular weight excluding hydrogens is 398 g/mol. The molecule has 1 saturated heterocycles. The van der Waals surface area contributed by atoms with Crippen LogP contribution in [0.3, 0.4) is 0 Å². The molecular formula is C22H25N5O4. The number of ether oxygens (including phenoxy) is 1. The summed E-state index contributed by atoms with van der Waals surface area (Å²) in [6.45, 7) is 3.88. The highest BCUT2D eigenvalue weighted by Crippen LogP contribution is 2.37. The Bertz CT molecular complexity index is 1020. The van der Waals surface area contributed by atoms with Crippen LogP contribution in [0.5, 0.6) is 5.75 Å². The van der Waals surface area contributed by atoms with Crippen molar-refractivity contribution < 1.29 is 19.1 Å². The Hall–Kier alpha value is -3.62. The Morgan fingerprint density at radius 2 is 2.06 bits per heavy atom. The van der Waals surface area contributed by atoms with Crippen LogP contribution in [0.2, 0.25) is 0 Å². The molecule has 1 fully saturated rings. The molecule has 1 aromatic heterocycles. The third-order valence-corrected chi connectivity index (χ3v) is 5.62. The summed E-state index contributed by atoms with van der Waals surface area (Å²) in [5.41, 5.74) is 7.51. The Balaban J connectivity index is 1.55. The zero-order valence-corrected chi connectivity index (χ0v) is 17.3. The van der Waals surface area contributed by atoms with Crippen molar-refractivity contribution in [3.05, 3.63) is 47.8 Å². The van der Waals surface area contributed by atoms with Crippen LogP contribution in [0.25, 0.3) is 0 Å². The highest BCUT2D eigenvalue weighted by atomic mass is 16.5. The van der Waals surface area contributed by atoms with Gasteiger partial charge in [-0.25, -0.2) is 0 Å². The average Bonchev–Trinajstić information content (AvgIpc) is 2.78. The summed E-state index contributed by atoms with van der Waals surface area (Å²) >= 11 is 0. The second kappa shape index (κ2) is 8.63. The fourth-order valence-corrected chi connectivity index (χ4v) is 4.04. The number of amides is 3. The third-order valence-electron chi connectivity index (χ3n) is 5.62. The highest BCUT2D eigenvalue weighted by Gasteiger charge is 2.34. The van der Waals surface area contributed by atoms with Gasteiger partial charge in [0.15, 0.2) is 0 Å². The average molecular weight is 423 g/mol. The zero-order valence-electron chi connectivity index (χ0n) is 17.3. The molecule has 3 amide bonds. The Labute approximate surface area is 180 Å². The fraction of sp³-hybridized carbons (Fsp3) is 0.364. The van der Waals surface area contributed by atoms with E-state index in [4.69, 9.17) is 10.5 Å². The molecule has 1 aromatic carbocycles. The number of anilines is 2. The van der Waals surface area contributed by atoms with E-state index < -0.39 is 17.7 Å². The first kappa shape index (κ1) is 20.6. The third kappa shape index (κ3) is 4.45. The van der Waals surface area contributed by atoms with Crippen molar-refractivity contribution in [2.45, 2.75) is 25.8 Å². The van der Waals surface area contributed by atoms with E-state index in [1.54, 1.807) is 4.90 Å². The van der Waals surface area contributed by atoms with Gasteiger partial charge in [-0.2, -0.15) is 0 Å². The predicted molar refractivity (Wildman–Crippen MR) is 115 cm³/mol. The number of nitrogens with two attached hydrogens (primary N) is 1. The Kier molecular flexibility index (Phi) is 5.75. The number of hydrogen-bond acceptors (Lipinski definition) is 6. The van der Waals surface area contributed by atoms with Crippen molar-refractivity contribution in [1.29, 1.82) is 0 Å². The van der Waals surface area contributed by atoms with Crippen LogP contribution in [0, 0.1) is 5.92 Å². The first-order chi connectivity index (χ1) is 14.9. The minimum Gasteiger partial charge on any atom is -0.490 e. The summed E-state index contributed by atoms with van der Waals surface area (Å²) in [6, 6.07) is 7.04. The van der Waals surface area contributed by atoms with Crippen molar-refractivity contribution in [2.24, 2.45) is 11.7 Å². The van der Waals surface area contributed by atoms with E-state index in [1.165, 1.54) is 18.5 Å². The van der Waals surface area contributed by atoms with Crippen molar-refractivity contribution in [1.82, 2.24) is 9.88 Å². The van der Waals surface area contributed by atoms with Gasteiger partial charge in [0.1, 0.15) is 12.4 Å². The molecule has 2 atom stereocenters. The normalized spacial score (nSPS) is 20.1. The van der Waals surface area contributed by atoms with Gasteiger partial charge in [-0.05, 0) is 42.5 Å². The predicted octanol–water partition coefficient (Wildman–Crippen LogP) is 1.92. The molecule has 0 radical (unpaired) electrons. The lowest BCUT2D eigenvalue weighted by Gasteiger charge is -2.39. The van der Waals surface area contributed by atoms with Crippen molar-refractivity contribution >= 4 is 29.1 Å². The number of hydrogen-bond donors (Lipinski definition) is 3. The highest BCUT2D eigenvalue weighted by molar-refractivity contribution is 6.39. The van der Waals surface area contributed by atoms with E-state index in [0.717, 1.165) is 36.4 Å². The molecule has 0 aliphatic carbocycles. The summed E-state index contributed by atoms with van der Waals surface area (Å²) in [4.78, 5) is 42.7. The van der Waals surface area contributed by atoms with Gasteiger partial charge in [0.05, 0.1) is 29.2 Å². The van der Waals surface area contributed by atoms with Gasteiger partial charge in [-0.1, -0.05) is 13.0 Å². The monoisotopic (exact) mass is 423 g/mol. The number of rotatable bonds is 3. The van der Waals surface area contributed by atoms with Crippen LogP contribution in [0.1, 0.15) is 41.7 Å². The van der Waals surface area contributed by atoms with E-state index >= 15 is 0 Å². The van der Waals surface area contributed by atoms with Crippen LogP contribution in [-0.4, -0.2) is 47.3 Å². The van der Waals surface area contributed by atoms with E-state index in [9.17, 15) is 14.4 Å². The smallest absolute Gasteiger partial charge is 0.313 e. The second-order valence-corrected chi connectivity index (χ2v) is 7.97. The van der Waals surface area contributed by atoms with Gasteiger partial charge in [-0.3, -0.25) is 19.4 Å². The van der Waals surface area contributed by atoms with E-state index in [0.29, 0.717) is 13.2 Å². The maximum atomic E-state index is 13.1. The Morgan fingerprint density at radius 1 is 1.23 bits per heavy atom. The standard InChI is InChI=1S/C22H25N5O4/c1-13-2-5-18(14-3-4-17-19(9-14)31-7-6-25-17)27(12-13)22(30)21(29)26-16-8-15(20(23)28)10-24-11-16/h3-4,8-11,13,18,25H,2,5-7,12H2,1H3,(H2,23,28)(H,26,29). The molecule has 2 aliphatic rings. The Morgan fingerprint density at radius 3 is 2.87 bits per heavy atom. The lowest BCUT2D eigenvalue weighted by atomic mass is 9.89. The maximum absolute atomic E-state index is 13.1. The first-order valence-electron chi connectivity index (χ1n) is 10.3. The number of fused-ring (bicyclic) bond motifs is 1. The molecule has 4 rings (SSSR count). The maximum Gasteiger partial charge on any atom is 0.313 e. The van der Waals surface area contributed by atoms with Gasteiger partial charge < -0.3 is 26.0 Å². The lowest BCUT2D eigenvalue weighted by Crippen LogP contribution is -2.46. The second-order valence-electron chi connectivity index (χ2n) is 7.97. The molecule has 3 heterocycles. The SMILES string of the molecule is CC1CCC(c2ccc3c(c2)OCCN3)N(C(=O)C(=O)Nc2cncc(C(N)=O)c2)C1. The number of nitrogens with one attached hydrogen (secondary N) is 2. The number of pyridine rings is 1. The largest absolute Gasteiger partial charge is 0.490 e. The van der Waals surface area contributed by atoms with E-state index in [1.807, 2.05) is 18.2 Å². The lowest BCUT2D eigenvalue weighted by molar-refractivity contribution is -0.146. The molecule has 162 valence electrons. The van der Waals surface area contributed by atoms with Gasteiger partial charge >= 0.3 is 11.8 Å². The van der Waals surface area contributed by atoms with Crippen molar-refractivity contribution in [3.8, 4) is 5.75 Å². The molecule has 9 nitrogen and oxygen atoms in total. The molecule has 2 aliphatic heterocycles. The molecule has 2 unspecified atom stereocenters. The van der Waals surface area contributed by atoms with Gasteiger partial charge in [-0.15, -0.1) is 0 Å². The molecule has 31 heavy (non-hydrogen) atoms. The topological polar surface area (TPSA) is 127 Å². The van der Waals surface area contributed by atoms with Gasteiger partial charge in [0, 0.05) is 19.3 Å². The summed E-state index contributed by atoms with van der Waals surface area (Å²) in [5.74, 6) is -1.03. The van der Waals surface area contributed by atoms with Crippen LogP contribution in [0.15, 0.2) is 36.7 Å². The van der Waals surface area contributed by atoms with Crippen molar-refractivity contribution in [3.63, 3.8) is 0 Å². The molecule has 9 heteroatoms. The molecule has 0 spiro atoms. The molecule has 0 bridgehead atoms. The number of nitrogens with zero attached hydrogens (tertiary/aromatic N) is 2. The molecule has 4 N–H and O–H groups in total. The van der Waals surface area contributed by atoms with Crippen LogP contribution < -0.4 is 21.1 Å². The minimum atomic E-state index is -0.779. The number of piperidine rings is 1. The zero-order chi connectivity index (χ0) is 22.0. The summed E-state index contributed by atoms with van der Waals surface area (Å²) < 4.78 is 5.74. The number of primary amides is 1. The van der Waals surface area contributed by atoms with Gasteiger partial charge in [0.25, 0.3) is 0 Å². The number of likely N-dealkylation sites (tertiary alicyclic amines) is 1. The van der Waals surface area contributed by atoms with Crippen LogP contribution in [0.4, 0.5) is 11.4 Å².